The Hall–Kier alpha value is -3.41. The van der Waals surface area contributed by atoms with E-state index in [2.05, 4.69) is 22.2 Å². The molecule has 1 aromatic carbocycles. The highest BCUT2D eigenvalue weighted by molar-refractivity contribution is 5.86. The van der Waals surface area contributed by atoms with E-state index in [1.807, 2.05) is 0 Å². The molecule has 1 atom stereocenters. The van der Waals surface area contributed by atoms with Gasteiger partial charge in [-0.05, 0) is 44.4 Å². The lowest BCUT2D eigenvalue weighted by atomic mass is 9.68. The van der Waals surface area contributed by atoms with Gasteiger partial charge in [0.25, 0.3) is 0 Å². The van der Waals surface area contributed by atoms with Crippen molar-refractivity contribution in [3.05, 3.63) is 47.8 Å². The van der Waals surface area contributed by atoms with Crippen LogP contribution in [-0.4, -0.2) is 55.8 Å². The molecule has 1 aliphatic carbocycles. The summed E-state index contributed by atoms with van der Waals surface area (Å²) in [6.07, 6.45) is -2.87. The molecule has 1 aliphatic rings. The highest BCUT2D eigenvalue weighted by Gasteiger charge is 2.47. The SMILES string of the molecule is C=C(C)CC(NC(=O)C1CC(O)(Cc2cn(-c3cc(C(F)(F)F)ccc3O)nn2)C1)C(=O)OC. The van der Waals surface area contributed by atoms with Gasteiger partial charge in [0.1, 0.15) is 17.5 Å². The van der Waals surface area contributed by atoms with Crippen LogP contribution in [0.2, 0.25) is 0 Å². The summed E-state index contributed by atoms with van der Waals surface area (Å²) in [5, 5.41) is 30.9. The number of esters is 1. The number of benzene rings is 1. The molecule has 0 bridgehead atoms. The maximum Gasteiger partial charge on any atom is 0.416 e. The summed E-state index contributed by atoms with van der Waals surface area (Å²) < 4.78 is 44.6. The number of alkyl halides is 3. The van der Waals surface area contributed by atoms with Crippen LogP contribution < -0.4 is 5.32 Å². The average molecular weight is 482 g/mol. The lowest BCUT2D eigenvalue weighted by Crippen LogP contribution is -2.54. The van der Waals surface area contributed by atoms with Gasteiger partial charge in [0.15, 0.2) is 0 Å². The summed E-state index contributed by atoms with van der Waals surface area (Å²) in [6.45, 7) is 5.45. The number of aromatic nitrogens is 3. The monoisotopic (exact) mass is 482 g/mol. The molecule has 0 spiro atoms. The number of rotatable bonds is 8. The van der Waals surface area contributed by atoms with Gasteiger partial charge in [0.05, 0.1) is 30.2 Å². The molecule has 3 N–H and O–H groups in total. The van der Waals surface area contributed by atoms with Crippen LogP contribution in [-0.2, 0) is 26.9 Å². The van der Waals surface area contributed by atoms with E-state index in [0.29, 0.717) is 5.57 Å². The normalized spacial score (nSPS) is 20.8. The van der Waals surface area contributed by atoms with Crippen molar-refractivity contribution in [2.24, 2.45) is 5.92 Å². The number of aromatic hydroxyl groups is 1. The summed E-state index contributed by atoms with van der Waals surface area (Å²) in [6, 6.07) is 1.54. The number of phenols is 1. The van der Waals surface area contributed by atoms with Crippen molar-refractivity contribution in [3.8, 4) is 11.4 Å². The second-order valence-electron chi connectivity index (χ2n) is 8.61. The zero-order chi connectivity index (χ0) is 25.3. The fourth-order valence-corrected chi connectivity index (χ4v) is 3.88. The highest BCUT2D eigenvalue weighted by Crippen LogP contribution is 2.40. The predicted octanol–water partition coefficient (Wildman–Crippen LogP) is 2.30. The largest absolute Gasteiger partial charge is 0.506 e. The zero-order valence-corrected chi connectivity index (χ0v) is 18.6. The summed E-state index contributed by atoms with van der Waals surface area (Å²) in [5.74, 6) is -1.96. The van der Waals surface area contributed by atoms with Crippen LogP contribution >= 0.6 is 0 Å². The number of ether oxygens (including phenoxy) is 1. The maximum atomic E-state index is 13.0. The Balaban J connectivity index is 1.63. The van der Waals surface area contributed by atoms with Crippen molar-refractivity contribution >= 4 is 11.9 Å². The van der Waals surface area contributed by atoms with E-state index in [4.69, 9.17) is 4.74 Å². The molecular formula is C22H25F3N4O5. The summed E-state index contributed by atoms with van der Waals surface area (Å²) in [7, 11) is 1.22. The topological polar surface area (TPSA) is 127 Å². The van der Waals surface area contributed by atoms with Crippen LogP contribution in [0.25, 0.3) is 5.69 Å². The summed E-state index contributed by atoms with van der Waals surface area (Å²) >= 11 is 0. The molecule has 1 aromatic heterocycles. The number of aliphatic hydroxyl groups is 1. The van der Waals surface area contributed by atoms with Crippen molar-refractivity contribution in [1.29, 1.82) is 0 Å². The van der Waals surface area contributed by atoms with Gasteiger partial charge in [0, 0.05) is 12.3 Å². The standard InChI is InChI=1S/C22H25F3N4O5/c1-12(2)6-16(20(32)34-3)26-19(31)13-8-21(33,9-13)10-15-11-29(28-27-15)17-7-14(22(23,24)25)4-5-18(17)30/h4-5,7,11,13,16,30,33H,1,6,8-10H2,2-3H3,(H,26,31). The fourth-order valence-electron chi connectivity index (χ4n) is 3.88. The lowest BCUT2D eigenvalue weighted by molar-refractivity contribution is -0.149. The molecule has 0 radical (unpaired) electrons. The van der Waals surface area contributed by atoms with Crippen LogP contribution in [0.1, 0.15) is 37.4 Å². The number of phenolic OH excluding ortho intramolecular Hbond substituents is 1. The van der Waals surface area contributed by atoms with Crippen LogP contribution in [0.3, 0.4) is 0 Å². The van der Waals surface area contributed by atoms with Crippen molar-refractivity contribution in [2.45, 2.75) is 50.4 Å². The van der Waals surface area contributed by atoms with E-state index in [-0.39, 0.29) is 37.1 Å². The number of nitrogens with zero attached hydrogens (tertiary/aromatic N) is 3. The summed E-state index contributed by atoms with van der Waals surface area (Å²) in [5.41, 5.74) is -1.48. The quantitative estimate of drug-likeness (QED) is 0.389. The molecule has 0 aliphatic heterocycles. The van der Waals surface area contributed by atoms with Crippen LogP contribution in [0.5, 0.6) is 5.75 Å². The second kappa shape index (κ2) is 9.45. The molecule has 1 fully saturated rings. The molecule has 12 heteroatoms. The third-order valence-electron chi connectivity index (χ3n) is 5.58. The number of nitrogens with one attached hydrogen (secondary N) is 1. The number of halogens is 3. The van der Waals surface area contributed by atoms with Crippen LogP contribution in [0.15, 0.2) is 36.5 Å². The van der Waals surface area contributed by atoms with Gasteiger partial charge in [-0.3, -0.25) is 4.79 Å². The maximum absolute atomic E-state index is 13.0. The van der Waals surface area contributed by atoms with Crippen molar-refractivity contribution in [3.63, 3.8) is 0 Å². The van der Waals surface area contributed by atoms with Crippen LogP contribution in [0.4, 0.5) is 13.2 Å². The van der Waals surface area contributed by atoms with E-state index < -0.39 is 46.9 Å². The molecular weight excluding hydrogens is 457 g/mol. The molecule has 184 valence electrons. The Morgan fingerprint density at radius 3 is 2.65 bits per heavy atom. The number of amides is 1. The van der Waals surface area contributed by atoms with E-state index >= 15 is 0 Å². The van der Waals surface area contributed by atoms with Gasteiger partial charge < -0.3 is 20.3 Å². The molecule has 2 aromatic rings. The van der Waals surface area contributed by atoms with Gasteiger partial charge in [-0.1, -0.05) is 10.8 Å². The number of hydrogen-bond donors (Lipinski definition) is 3. The molecule has 1 amide bonds. The highest BCUT2D eigenvalue weighted by atomic mass is 19.4. The first-order valence-corrected chi connectivity index (χ1v) is 10.4. The minimum absolute atomic E-state index is 0.00268. The Kier molecular flexibility index (Phi) is 7.01. The van der Waals surface area contributed by atoms with E-state index in [9.17, 15) is 33.0 Å². The number of carbonyl (C=O) groups is 2. The van der Waals surface area contributed by atoms with Gasteiger partial charge in [-0.2, -0.15) is 13.2 Å². The zero-order valence-electron chi connectivity index (χ0n) is 18.6. The molecule has 3 rings (SSSR count). The Morgan fingerprint density at radius 1 is 1.38 bits per heavy atom. The van der Waals surface area contributed by atoms with E-state index in [1.165, 1.54) is 13.3 Å². The third-order valence-corrected chi connectivity index (χ3v) is 5.58. The van der Waals surface area contributed by atoms with Gasteiger partial charge in [0.2, 0.25) is 5.91 Å². The first kappa shape index (κ1) is 25.2. The predicted molar refractivity (Wildman–Crippen MR) is 113 cm³/mol. The van der Waals surface area contributed by atoms with Crippen molar-refractivity contribution in [2.75, 3.05) is 7.11 Å². The minimum Gasteiger partial charge on any atom is -0.506 e. The van der Waals surface area contributed by atoms with Gasteiger partial charge in [-0.15, -0.1) is 11.7 Å². The summed E-state index contributed by atoms with van der Waals surface area (Å²) in [4.78, 5) is 24.4. The number of methoxy groups -OCH3 is 1. The lowest BCUT2D eigenvalue weighted by Gasteiger charge is -2.42. The Labute approximate surface area is 193 Å². The second-order valence-corrected chi connectivity index (χ2v) is 8.61. The third kappa shape index (κ3) is 5.74. The molecule has 1 unspecified atom stereocenters. The fraction of sp³-hybridized carbons (Fsp3) is 0.455. The molecule has 1 saturated carbocycles. The average Bonchev–Trinajstić information content (AvgIpc) is 3.17. The van der Waals surface area contributed by atoms with Crippen LogP contribution in [0, 0.1) is 5.92 Å². The van der Waals surface area contributed by atoms with E-state index in [0.717, 1.165) is 22.9 Å². The first-order valence-electron chi connectivity index (χ1n) is 10.4. The van der Waals surface area contributed by atoms with Gasteiger partial charge >= 0.3 is 12.1 Å². The minimum atomic E-state index is -4.60. The molecule has 34 heavy (non-hydrogen) atoms. The van der Waals surface area contributed by atoms with Crippen molar-refractivity contribution in [1.82, 2.24) is 20.3 Å². The number of hydrogen-bond acceptors (Lipinski definition) is 7. The van der Waals surface area contributed by atoms with E-state index in [1.54, 1.807) is 6.92 Å². The van der Waals surface area contributed by atoms with Crippen molar-refractivity contribution < 1.29 is 37.7 Å². The molecule has 1 heterocycles. The molecule has 9 nitrogen and oxygen atoms in total. The Morgan fingerprint density at radius 2 is 2.06 bits per heavy atom. The molecule has 0 saturated heterocycles. The first-order chi connectivity index (χ1) is 15.8. The smallest absolute Gasteiger partial charge is 0.416 e. The Bertz CT molecular complexity index is 1090. The van der Waals surface area contributed by atoms with Gasteiger partial charge in [-0.25, -0.2) is 9.48 Å². The number of carbonyl (C=O) groups excluding carboxylic acids is 2.